The van der Waals surface area contributed by atoms with Crippen molar-refractivity contribution in [3.63, 3.8) is 0 Å². The summed E-state index contributed by atoms with van der Waals surface area (Å²) in [4.78, 5) is 10.8. The van der Waals surface area contributed by atoms with Gasteiger partial charge >= 0.3 is 11.2 Å². The van der Waals surface area contributed by atoms with E-state index < -0.39 is 34.6 Å². The highest BCUT2D eigenvalue weighted by atomic mass is 32.2. The number of ether oxygens (including phenoxy) is 3. The summed E-state index contributed by atoms with van der Waals surface area (Å²) in [5.41, 5.74) is 0. The van der Waals surface area contributed by atoms with E-state index >= 15 is 0 Å². The van der Waals surface area contributed by atoms with Gasteiger partial charge in [0.2, 0.25) is 0 Å². The van der Waals surface area contributed by atoms with Crippen LogP contribution in [0, 0.1) is 0 Å². The molecule has 17 heavy (non-hydrogen) atoms. The van der Waals surface area contributed by atoms with E-state index in [2.05, 4.69) is 4.74 Å². The maximum atomic E-state index is 12.5. The maximum Gasteiger partial charge on any atom is 0.367 e. The van der Waals surface area contributed by atoms with Crippen molar-refractivity contribution in [2.24, 2.45) is 0 Å². The van der Waals surface area contributed by atoms with Crippen LogP contribution in [0.25, 0.3) is 0 Å². The summed E-state index contributed by atoms with van der Waals surface area (Å²) in [6.07, 6.45) is -0.105. The Morgan fingerprint density at radius 3 is 2.59 bits per heavy atom. The molecule has 1 aliphatic heterocycles. The first kappa shape index (κ1) is 14.2. The molecule has 1 atom stereocenters. The number of carbonyl (C=O) groups is 1. The summed E-state index contributed by atoms with van der Waals surface area (Å²) < 4.78 is 68.5. The quantitative estimate of drug-likeness (QED) is 0.336. The molecule has 0 bridgehead atoms. The van der Waals surface area contributed by atoms with E-state index in [-0.39, 0.29) is 12.7 Å². The molecule has 1 rings (SSSR count). The Bertz CT molecular complexity index is 376. The molecule has 1 heterocycles. The van der Waals surface area contributed by atoms with Gasteiger partial charge in [-0.3, -0.25) is 0 Å². The lowest BCUT2D eigenvalue weighted by Gasteiger charge is -2.19. The molecule has 1 fully saturated rings. The number of hydrogen-bond donors (Lipinski definition) is 0. The summed E-state index contributed by atoms with van der Waals surface area (Å²) in [5.74, 6) is -1.19. The largest absolute Gasteiger partial charge is 0.743 e. The smallest absolute Gasteiger partial charge is 0.367 e. The number of epoxide rings is 1. The molecule has 0 aromatic heterocycles. The molecule has 100 valence electrons. The van der Waals surface area contributed by atoms with Crippen molar-refractivity contribution in [2.75, 3.05) is 26.4 Å². The van der Waals surface area contributed by atoms with Crippen LogP contribution in [0.1, 0.15) is 0 Å². The van der Waals surface area contributed by atoms with Gasteiger partial charge in [0.25, 0.3) is 0 Å². The molecule has 0 spiro atoms. The van der Waals surface area contributed by atoms with E-state index in [1.54, 1.807) is 0 Å². The van der Waals surface area contributed by atoms with Crippen molar-refractivity contribution in [3.8, 4) is 0 Å². The Morgan fingerprint density at radius 1 is 1.53 bits per heavy atom. The minimum Gasteiger partial charge on any atom is -0.743 e. The maximum absolute atomic E-state index is 12.5. The van der Waals surface area contributed by atoms with E-state index in [9.17, 15) is 26.5 Å². The van der Waals surface area contributed by atoms with E-state index in [0.717, 1.165) is 0 Å². The van der Waals surface area contributed by atoms with Gasteiger partial charge in [0.1, 0.15) is 12.7 Å². The zero-order valence-electron chi connectivity index (χ0n) is 8.43. The molecule has 0 saturated carbocycles. The number of hydrogen-bond acceptors (Lipinski definition) is 7. The Morgan fingerprint density at radius 2 is 2.12 bits per heavy atom. The SMILES string of the molecule is O=C(COCC1CO1)OCC(F)(F)S(=O)(=O)[O-]. The zero-order chi connectivity index (χ0) is 13.1. The van der Waals surface area contributed by atoms with Crippen LogP contribution in [0.2, 0.25) is 0 Å². The van der Waals surface area contributed by atoms with Gasteiger partial charge in [0.15, 0.2) is 16.7 Å². The Kier molecular flexibility index (Phi) is 4.36. The summed E-state index contributed by atoms with van der Waals surface area (Å²) >= 11 is 0. The third kappa shape index (κ3) is 4.89. The molecule has 1 saturated heterocycles. The average Bonchev–Trinajstić information content (AvgIpc) is 2.97. The van der Waals surface area contributed by atoms with Crippen LogP contribution in [0.4, 0.5) is 8.78 Å². The second kappa shape index (κ2) is 5.21. The van der Waals surface area contributed by atoms with Gasteiger partial charge in [-0.15, -0.1) is 0 Å². The molecule has 0 aromatic carbocycles. The highest BCUT2D eigenvalue weighted by molar-refractivity contribution is 7.86. The van der Waals surface area contributed by atoms with Crippen LogP contribution in [0.15, 0.2) is 0 Å². The van der Waals surface area contributed by atoms with Gasteiger partial charge in [-0.1, -0.05) is 0 Å². The Balaban J connectivity index is 2.22. The topological polar surface area (TPSA) is 105 Å². The van der Waals surface area contributed by atoms with E-state index in [4.69, 9.17) is 9.47 Å². The van der Waals surface area contributed by atoms with E-state index in [1.165, 1.54) is 0 Å². The van der Waals surface area contributed by atoms with Crippen molar-refractivity contribution < 1.29 is 40.8 Å². The standard InChI is InChI=1S/C7H10F2O7S/c8-7(9,17(11,12)13)4-16-6(10)3-14-1-5-2-15-5/h5H,1-4H2,(H,11,12,13)/p-1. The van der Waals surface area contributed by atoms with Crippen LogP contribution >= 0.6 is 0 Å². The molecule has 10 heteroatoms. The summed E-state index contributed by atoms with van der Waals surface area (Å²) in [6.45, 7) is -1.82. The highest BCUT2D eigenvalue weighted by Crippen LogP contribution is 2.20. The van der Waals surface area contributed by atoms with Crippen molar-refractivity contribution in [1.82, 2.24) is 0 Å². The number of carbonyl (C=O) groups excluding carboxylic acids is 1. The first-order valence-electron chi connectivity index (χ1n) is 4.40. The minimum atomic E-state index is -5.84. The van der Waals surface area contributed by atoms with Gasteiger partial charge in [0.05, 0.1) is 13.2 Å². The average molecular weight is 275 g/mol. The van der Waals surface area contributed by atoms with Crippen LogP contribution in [-0.2, 0) is 29.1 Å². The molecule has 0 aromatic rings. The number of esters is 1. The molecular formula is C7H9F2O7S-. The Labute approximate surface area is 95.4 Å². The third-order valence-corrected chi connectivity index (χ3v) is 2.54. The van der Waals surface area contributed by atoms with Crippen molar-refractivity contribution in [3.05, 3.63) is 0 Å². The predicted octanol–water partition coefficient (Wildman–Crippen LogP) is -0.917. The van der Waals surface area contributed by atoms with Gasteiger partial charge in [-0.25, -0.2) is 13.2 Å². The lowest BCUT2D eigenvalue weighted by molar-refractivity contribution is -0.155. The lowest BCUT2D eigenvalue weighted by Crippen LogP contribution is -2.35. The van der Waals surface area contributed by atoms with Crippen LogP contribution in [-0.4, -0.2) is 56.7 Å². The van der Waals surface area contributed by atoms with Crippen LogP contribution in [0.3, 0.4) is 0 Å². The summed E-state index contributed by atoms with van der Waals surface area (Å²) in [5, 5.41) is -4.64. The van der Waals surface area contributed by atoms with Gasteiger partial charge in [-0.2, -0.15) is 8.78 Å². The van der Waals surface area contributed by atoms with Crippen molar-refractivity contribution in [1.29, 1.82) is 0 Å². The molecule has 1 unspecified atom stereocenters. The second-order valence-corrected chi connectivity index (χ2v) is 4.73. The highest BCUT2D eigenvalue weighted by Gasteiger charge is 2.39. The van der Waals surface area contributed by atoms with Crippen LogP contribution < -0.4 is 0 Å². The van der Waals surface area contributed by atoms with E-state index in [0.29, 0.717) is 6.61 Å². The first-order chi connectivity index (χ1) is 7.72. The molecule has 0 N–H and O–H groups in total. The van der Waals surface area contributed by atoms with Gasteiger partial charge in [-0.05, 0) is 0 Å². The molecule has 7 nitrogen and oxygen atoms in total. The van der Waals surface area contributed by atoms with Gasteiger partial charge in [0, 0.05) is 0 Å². The van der Waals surface area contributed by atoms with E-state index in [1.807, 2.05) is 0 Å². The summed E-state index contributed by atoms with van der Waals surface area (Å²) in [6, 6.07) is 0. The van der Waals surface area contributed by atoms with Crippen molar-refractivity contribution in [2.45, 2.75) is 11.4 Å². The fourth-order valence-electron chi connectivity index (χ4n) is 0.716. The first-order valence-corrected chi connectivity index (χ1v) is 5.81. The number of alkyl halides is 2. The molecule has 0 amide bonds. The Hall–Kier alpha value is -0.840. The molecule has 1 aliphatic rings. The third-order valence-electron chi connectivity index (χ3n) is 1.69. The normalized spacial score (nSPS) is 20.1. The number of halogens is 2. The van der Waals surface area contributed by atoms with Crippen molar-refractivity contribution >= 4 is 16.1 Å². The molecular weight excluding hydrogens is 266 g/mol. The molecule has 0 aliphatic carbocycles. The number of rotatable bonds is 7. The fraction of sp³-hybridized carbons (Fsp3) is 0.857. The minimum absolute atomic E-state index is 0.105. The fourth-order valence-corrected chi connectivity index (χ4v) is 0.920. The summed E-state index contributed by atoms with van der Waals surface area (Å²) in [7, 11) is -5.84. The second-order valence-electron chi connectivity index (χ2n) is 3.22. The monoisotopic (exact) mass is 275 g/mol. The predicted molar refractivity (Wildman–Crippen MR) is 46.2 cm³/mol. The zero-order valence-corrected chi connectivity index (χ0v) is 9.24. The molecule has 0 radical (unpaired) electrons. The lowest BCUT2D eigenvalue weighted by atomic mass is 10.5. The van der Waals surface area contributed by atoms with Crippen LogP contribution in [0.5, 0.6) is 0 Å². The van der Waals surface area contributed by atoms with Gasteiger partial charge < -0.3 is 18.8 Å².